The predicted octanol–water partition coefficient (Wildman–Crippen LogP) is 2.83. The number of nitrogens with one attached hydrogen (secondary N) is 1. The van der Waals surface area contributed by atoms with Crippen LogP contribution in [0.15, 0.2) is 17.0 Å². The summed E-state index contributed by atoms with van der Waals surface area (Å²) in [6.45, 7) is 13.4. The number of rotatable bonds is 7. The molecular weight excluding hydrogens is 284 g/mol. The van der Waals surface area contributed by atoms with Crippen LogP contribution in [0.2, 0.25) is 0 Å². The number of aryl methyl sites for hydroxylation is 1. The fourth-order valence-electron chi connectivity index (χ4n) is 2.29. The molecule has 4 nitrogen and oxygen atoms in total. The largest absolute Gasteiger partial charge is 0.310 e. The van der Waals surface area contributed by atoms with E-state index in [-0.39, 0.29) is 0 Å². The Morgan fingerprint density at radius 1 is 1.14 bits per heavy atom. The molecule has 0 bridgehead atoms. The first-order valence-corrected chi connectivity index (χ1v) is 9.01. The molecule has 120 valence electrons. The van der Waals surface area contributed by atoms with Gasteiger partial charge in [0, 0.05) is 25.7 Å². The summed E-state index contributed by atoms with van der Waals surface area (Å²) in [5.74, 6) is 0. The zero-order chi connectivity index (χ0) is 16.2. The zero-order valence-corrected chi connectivity index (χ0v) is 14.8. The second-order valence-electron chi connectivity index (χ2n) is 5.66. The standard InChI is InChI=1S/C16H28N2O2S/c1-7-18(8-2)21(19,20)16-10-15(11-17-12(3)4)9-13(5)14(16)6/h9-10,12,17H,7-8,11H2,1-6H3. The molecule has 21 heavy (non-hydrogen) atoms. The topological polar surface area (TPSA) is 49.4 Å². The van der Waals surface area contributed by atoms with Gasteiger partial charge in [0.15, 0.2) is 0 Å². The van der Waals surface area contributed by atoms with E-state index in [1.165, 1.54) is 4.31 Å². The quantitative estimate of drug-likeness (QED) is 0.842. The Morgan fingerprint density at radius 3 is 2.19 bits per heavy atom. The van der Waals surface area contributed by atoms with Crippen LogP contribution in [0, 0.1) is 13.8 Å². The first-order valence-electron chi connectivity index (χ1n) is 7.57. The summed E-state index contributed by atoms with van der Waals surface area (Å²) >= 11 is 0. The van der Waals surface area contributed by atoms with Gasteiger partial charge in [-0.2, -0.15) is 4.31 Å². The lowest BCUT2D eigenvalue weighted by Crippen LogP contribution is -2.31. The number of sulfonamides is 1. The van der Waals surface area contributed by atoms with E-state index in [1.54, 1.807) is 0 Å². The van der Waals surface area contributed by atoms with Crippen molar-refractivity contribution in [3.63, 3.8) is 0 Å². The van der Waals surface area contributed by atoms with Gasteiger partial charge in [0.25, 0.3) is 0 Å². The van der Waals surface area contributed by atoms with E-state index in [0.717, 1.165) is 16.7 Å². The smallest absolute Gasteiger partial charge is 0.243 e. The summed E-state index contributed by atoms with van der Waals surface area (Å²) in [7, 11) is -3.41. The highest BCUT2D eigenvalue weighted by Crippen LogP contribution is 2.24. The second-order valence-corrected chi connectivity index (χ2v) is 7.57. The number of hydrogen-bond donors (Lipinski definition) is 1. The lowest BCUT2D eigenvalue weighted by atomic mass is 10.1. The molecule has 0 saturated heterocycles. The first-order chi connectivity index (χ1) is 9.73. The van der Waals surface area contributed by atoms with Crippen LogP contribution in [0.4, 0.5) is 0 Å². The average molecular weight is 312 g/mol. The Balaban J connectivity index is 3.28. The maximum Gasteiger partial charge on any atom is 0.243 e. The predicted molar refractivity (Wildman–Crippen MR) is 88.0 cm³/mol. The molecule has 1 aromatic rings. The summed E-state index contributed by atoms with van der Waals surface area (Å²) in [4.78, 5) is 0.437. The summed E-state index contributed by atoms with van der Waals surface area (Å²) in [5.41, 5.74) is 2.87. The highest BCUT2D eigenvalue weighted by molar-refractivity contribution is 7.89. The Labute approximate surface area is 129 Å². The highest BCUT2D eigenvalue weighted by atomic mass is 32.2. The maximum atomic E-state index is 12.8. The number of hydrogen-bond acceptors (Lipinski definition) is 3. The molecule has 0 spiro atoms. The minimum Gasteiger partial charge on any atom is -0.310 e. The van der Waals surface area contributed by atoms with Gasteiger partial charge in [-0.1, -0.05) is 33.8 Å². The number of nitrogens with zero attached hydrogens (tertiary/aromatic N) is 1. The minimum atomic E-state index is -3.41. The third-order valence-electron chi connectivity index (χ3n) is 3.72. The molecule has 0 aliphatic carbocycles. The van der Waals surface area contributed by atoms with Gasteiger partial charge in [-0.3, -0.25) is 0 Å². The molecule has 0 saturated carbocycles. The fourth-order valence-corrected chi connectivity index (χ4v) is 4.10. The maximum absolute atomic E-state index is 12.8. The van der Waals surface area contributed by atoms with Crippen LogP contribution in [0.5, 0.6) is 0 Å². The van der Waals surface area contributed by atoms with Crippen molar-refractivity contribution in [3.8, 4) is 0 Å². The minimum absolute atomic E-state index is 0.370. The summed E-state index contributed by atoms with van der Waals surface area (Å²) in [6, 6.07) is 4.24. The molecule has 1 rings (SSSR count). The SMILES string of the molecule is CCN(CC)S(=O)(=O)c1cc(CNC(C)C)cc(C)c1C. The Bertz CT molecular complexity index is 576. The van der Waals surface area contributed by atoms with Crippen molar-refractivity contribution >= 4 is 10.0 Å². The van der Waals surface area contributed by atoms with Crippen molar-refractivity contribution in [2.45, 2.75) is 59.0 Å². The van der Waals surface area contributed by atoms with E-state index in [4.69, 9.17) is 0 Å². The molecule has 0 radical (unpaired) electrons. The molecule has 5 heteroatoms. The molecule has 1 aromatic carbocycles. The molecule has 0 aromatic heterocycles. The third-order valence-corrected chi connectivity index (χ3v) is 5.89. The van der Waals surface area contributed by atoms with Crippen molar-refractivity contribution in [1.82, 2.24) is 9.62 Å². The van der Waals surface area contributed by atoms with Crippen molar-refractivity contribution in [1.29, 1.82) is 0 Å². The van der Waals surface area contributed by atoms with Crippen LogP contribution in [0.25, 0.3) is 0 Å². The van der Waals surface area contributed by atoms with E-state index in [2.05, 4.69) is 25.2 Å². The normalized spacial score (nSPS) is 12.4. The summed E-state index contributed by atoms with van der Waals surface area (Å²) < 4.78 is 27.0. The van der Waals surface area contributed by atoms with Crippen LogP contribution in [0.1, 0.15) is 44.4 Å². The third kappa shape index (κ3) is 4.28. The van der Waals surface area contributed by atoms with Crippen molar-refractivity contribution in [3.05, 3.63) is 28.8 Å². The first kappa shape index (κ1) is 18.1. The van der Waals surface area contributed by atoms with Gasteiger partial charge < -0.3 is 5.32 Å². The summed E-state index contributed by atoms with van der Waals surface area (Å²) in [5, 5.41) is 3.34. The van der Waals surface area contributed by atoms with Crippen molar-refractivity contribution in [2.24, 2.45) is 0 Å². The second kappa shape index (κ2) is 7.38. The van der Waals surface area contributed by atoms with Gasteiger partial charge >= 0.3 is 0 Å². The molecule has 0 amide bonds. The van der Waals surface area contributed by atoms with Crippen LogP contribution in [0.3, 0.4) is 0 Å². The molecule has 0 aliphatic rings. The van der Waals surface area contributed by atoms with Gasteiger partial charge in [0.1, 0.15) is 0 Å². The van der Waals surface area contributed by atoms with Gasteiger partial charge in [0.2, 0.25) is 10.0 Å². The Morgan fingerprint density at radius 2 is 1.71 bits per heavy atom. The van der Waals surface area contributed by atoms with E-state index < -0.39 is 10.0 Å². The van der Waals surface area contributed by atoms with Gasteiger partial charge in [-0.15, -0.1) is 0 Å². The monoisotopic (exact) mass is 312 g/mol. The molecule has 0 unspecified atom stereocenters. The molecule has 0 aliphatic heterocycles. The van der Waals surface area contributed by atoms with Crippen molar-refractivity contribution in [2.75, 3.05) is 13.1 Å². The van der Waals surface area contributed by atoms with Crippen LogP contribution >= 0.6 is 0 Å². The van der Waals surface area contributed by atoms with Gasteiger partial charge in [-0.05, 0) is 36.6 Å². The van der Waals surface area contributed by atoms with Gasteiger partial charge in [0.05, 0.1) is 4.90 Å². The highest BCUT2D eigenvalue weighted by Gasteiger charge is 2.24. The lowest BCUT2D eigenvalue weighted by Gasteiger charge is -2.21. The lowest BCUT2D eigenvalue weighted by molar-refractivity contribution is 0.444. The number of benzene rings is 1. The molecule has 0 atom stereocenters. The van der Waals surface area contributed by atoms with Gasteiger partial charge in [-0.25, -0.2) is 8.42 Å². The van der Waals surface area contributed by atoms with Crippen LogP contribution in [-0.2, 0) is 16.6 Å². The average Bonchev–Trinajstić information content (AvgIpc) is 2.40. The Hall–Kier alpha value is -0.910. The van der Waals surface area contributed by atoms with Crippen LogP contribution in [-0.4, -0.2) is 31.9 Å². The van der Waals surface area contributed by atoms with E-state index >= 15 is 0 Å². The Kier molecular flexibility index (Phi) is 6.38. The van der Waals surface area contributed by atoms with E-state index in [9.17, 15) is 8.42 Å². The molecule has 0 fully saturated rings. The van der Waals surface area contributed by atoms with E-state index in [0.29, 0.717) is 30.6 Å². The molecular formula is C16H28N2O2S. The van der Waals surface area contributed by atoms with E-state index in [1.807, 2.05) is 33.8 Å². The van der Waals surface area contributed by atoms with Crippen LogP contribution < -0.4 is 5.32 Å². The molecule has 1 N–H and O–H groups in total. The molecule has 0 heterocycles. The fraction of sp³-hybridized carbons (Fsp3) is 0.625. The zero-order valence-electron chi connectivity index (χ0n) is 14.0. The summed E-state index contributed by atoms with van der Waals surface area (Å²) in [6.07, 6.45) is 0. The van der Waals surface area contributed by atoms with Crippen molar-refractivity contribution < 1.29 is 8.42 Å².